The first kappa shape index (κ1) is 21.0. The summed E-state index contributed by atoms with van der Waals surface area (Å²) in [6, 6.07) is 15.3. The Morgan fingerprint density at radius 1 is 1.06 bits per heavy atom. The van der Waals surface area contributed by atoms with Crippen LogP contribution in [0.4, 0.5) is 10.1 Å². The predicted molar refractivity (Wildman–Crippen MR) is 127 cm³/mol. The number of hydrogen-bond acceptors (Lipinski definition) is 3. The van der Waals surface area contributed by atoms with E-state index < -0.39 is 0 Å². The average Bonchev–Trinajstić information content (AvgIpc) is 3.21. The smallest absolute Gasteiger partial charge is 0.229 e. The summed E-state index contributed by atoms with van der Waals surface area (Å²) in [7, 11) is 0. The summed E-state index contributed by atoms with van der Waals surface area (Å²) in [5.41, 5.74) is 4.26. The predicted octanol–water partition coefficient (Wildman–Crippen LogP) is 4.06. The molecule has 1 fully saturated rings. The maximum atomic E-state index is 14.0. The number of carbonyl (C=O) groups is 1. The van der Waals surface area contributed by atoms with Crippen molar-refractivity contribution in [2.45, 2.75) is 31.6 Å². The highest BCUT2D eigenvalue weighted by atomic mass is 19.1. The van der Waals surface area contributed by atoms with Crippen LogP contribution < -0.4 is 10.2 Å². The van der Waals surface area contributed by atoms with Gasteiger partial charge in [0, 0.05) is 49.3 Å². The van der Waals surface area contributed by atoms with E-state index >= 15 is 0 Å². The summed E-state index contributed by atoms with van der Waals surface area (Å²) < 4.78 is 14.0. The van der Waals surface area contributed by atoms with Crippen LogP contribution in [0.3, 0.4) is 0 Å². The Balaban J connectivity index is 1.09. The third-order valence-electron chi connectivity index (χ3n) is 6.95. The topological polar surface area (TPSA) is 51.4 Å². The van der Waals surface area contributed by atoms with Gasteiger partial charge >= 0.3 is 0 Å². The molecule has 1 aromatic heterocycles. The number of halogens is 1. The maximum Gasteiger partial charge on any atom is 0.229 e. The molecule has 2 N–H and O–H groups in total. The van der Waals surface area contributed by atoms with Crippen LogP contribution in [0.25, 0.3) is 10.9 Å². The highest BCUT2D eigenvalue weighted by Crippen LogP contribution is 2.36. The number of para-hydroxylation sites is 2. The number of anilines is 1. The normalized spacial score (nSPS) is 19.2. The molecular formula is C26H31FN4O. The van der Waals surface area contributed by atoms with Crippen molar-refractivity contribution in [3.05, 3.63) is 65.6 Å². The molecule has 2 aromatic carbocycles. The van der Waals surface area contributed by atoms with Gasteiger partial charge in [0.15, 0.2) is 0 Å². The molecule has 1 amide bonds. The van der Waals surface area contributed by atoms with Crippen molar-refractivity contribution in [3.8, 4) is 0 Å². The Hall–Kier alpha value is -2.86. The van der Waals surface area contributed by atoms with Gasteiger partial charge in [-0.25, -0.2) is 4.39 Å². The van der Waals surface area contributed by atoms with Crippen molar-refractivity contribution in [2.75, 3.05) is 44.2 Å². The molecule has 2 aliphatic rings. The van der Waals surface area contributed by atoms with Crippen molar-refractivity contribution >= 4 is 22.5 Å². The van der Waals surface area contributed by atoms with E-state index in [-0.39, 0.29) is 17.6 Å². The largest absolute Gasteiger partial charge is 0.367 e. The van der Waals surface area contributed by atoms with Crippen molar-refractivity contribution < 1.29 is 9.18 Å². The molecule has 0 radical (unpaired) electrons. The molecule has 1 aliphatic heterocycles. The van der Waals surface area contributed by atoms with Crippen LogP contribution in [0.15, 0.2) is 48.5 Å². The number of nitrogens with zero attached hydrogens (tertiary/aromatic N) is 2. The molecule has 0 saturated carbocycles. The van der Waals surface area contributed by atoms with Crippen molar-refractivity contribution in [1.82, 2.24) is 15.2 Å². The molecule has 5 rings (SSSR count). The second-order valence-electron chi connectivity index (χ2n) is 8.93. The molecular weight excluding hydrogens is 403 g/mol. The molecule has 1 aliphatic carbocycles. The maximum absolute atomic E-state index is 14.0. The van der Waals surface area contributed by atoms with Gasteiger partial charge in [0.05, 0.1) is 11.6 Å². The van der Waals surface area contributed by atoms with Gasteiger partial charge in [0.25, 0.3) is 0 Å². The highest BCUT2D eigenvalue weighted by molar-refractivity contribution is 5.90. The summed E-state index contributed by atoms with van der Waals surface area (Å²) in [5.74, 6) is -0.0816. The van der Waals surface area contributed by atoms with Gasteiger partial charge in [0.2, 0.25) is 5.91 Å². The van der Waals surface area contributed by atoms with Crippen LogP contribution in [-0.4, -0.2) is 55.1 Å². The monoisotopic (exact) mass is 434 g/mol. The Bertz CT molecular complexity index is 1090. The number of aryl methyl sites for hydroxylation is 1. The van der Waals surface area contributed by atoms with E-state index in [0.717, 1.165) is 69.6 Å². The van der Waals surface area contributed by atoms with E-state index in [0.29, 0.717) is 12.2 Å². The molecule has 168 valence electrons. The van der Waals surface area contributed by atoms with Gasteiger partial charge in [-0.15, -0.1) is 0 Å². The number of hydrogen-bond donors (Lipinski definition) is 2. The van der Waals surface area contributed by atoms with Crippen LogP contribution in [0.1, 0.15) is 36.4 Å². The molecule has 0 unspecified atom stereocenters. The summed E-state index contributed by atoms with van der Waals surface area (Å²) >= 11 is 0. The van der Waals surface area contributed by atoms with Crippen LogP contribution in [0.5, 0.6) is 0 Å². The molecule has 32 heavy (non-hydrogen) atoms. The van der Waals surface area contributed by atoms with E-state index in [9.17, 15) is 9.18 Å². The molecule has 6 heteroatoms. The van der Waals surface area contributed by atoms with Crippen LogP contribution in [0, 0.1) is 5.82 Å². The zero-order valence-electron chi connectivity index (χ0n) is 18.4. The minimum Gasteiger partial charge on any atom is -0.367 e. The van der Waals surface area contributed by atoms with E-state index in [1.807, 2.05) is 18.2 Å². The number of fused-ring (bicyclic) bond motifs is 3. The fraction of sp³-hybridized carbons (Fsp3) is 0.423. The first-order chi connectivity index (χ1) is 15.7. The molecule has 1 atom stereocenters. The molecule has 5 nitrogen and oxygen atoms in total. The van der Waals surface area contributed by atoms with Gasteiger partial charge in [-0.1, -0.05) is 30.3 Å². The molecule has 0 spiro atoms. The van der Waals surface area contributed by atoms with Crippen LogP contribution in [-0.2, 0) is 11.2 Å². The van der Waals surface area contributed by atoms with E-state index in [1.54, 1.807) is 6.07 Å². The lowest BCUT2D eigenvalue weighted by atomic mass is 9.86. The third kappa shape index (κ3) is 4.24. The Labute approximate surface area is 188 Å². The van der Waals surface area contributed by atoms with Gasteiger partial charge in [0.1, 0.15) is 5.82 Å². The Morgan fingerprint density at radius 3 is 2.69 bits per heavy atom. The molecule has 2 heterocycles. The fourth-order valence-corrected chi connectivity index (χ4v) is 5.24. The Kier molecular flexibility index (Phi) is 6.12. The Morgan fingerprint density at radius 2 is 1.84 bits per heavy atom. The van der Waals surface area contributed by atoms with Crippen molar-refractivity contribution in [1.29, 1.82) is 0 Å². The molecule has 1 saturated heterocycles. The number of aromatic nitrogens is 1. The minimum absolute atomic E-state index is 0.0736. The van der Waals surface area contributed by atoms with Gasteiger partial charge in [-0.2, -0.15) is 0 Å². The first-order valence-electron chi connectivity index (χ1n) is 11.8. The number of carbonyl (C=O) groups excluding carboxylic acids is 1. The second kappa shape index (κ2) is 9.33. The van der Waals surface area contributed by atoms with Crippen LogP contribution in [0.2, 0.25) is 0 Å². The van der Waals surface area contributed by atoms with Gasteiger partial charge in [-0.3, -0.25) is 9.69 Å². The quantitative estimate of drug-likeness (QED) is 0.576. The summed E-state index contributed by atoms with van der Waals surface area (Å²) in [6.45, 7) is 5.15. The minimum atomic E-state index is -0.149. The number of H-pyrrole nitrogens is 1. The lowest BCUT2D eigenvalue weighted by molar-refractivity contribution is -0.122. The summed E-state index contributed by atoms with van der Waals surface area (Å²) in [4.78, 5) is 21.0. The van der Waals surface area contributed by atoms with Crippen molar-refractivity contribution in [2.24, 2.45) is 0 Å². The van der Waals surface area contributed by atoms with E-state index in [1.165, 1.54) is 17.0 Å². The van der Waals surface area contributed by atoms with Gasteiger partial charge in [-0.05, 0) is 56.0 Å². The summed E-state index contributed by atoms with van der Waals surface area (Å²) in [6.07, 6.45) is 3.93. The number of piperazine rings is 1. The van der Waals surface area contributed by atoms with E-state index in [4.69, 9.17) is 0 Å². The van der Waals surface area contributed by atoms with Gasteiger partial charge < -0.3 is 15.2 Å². The van der Waals surface area contributed by atoms with Crippen molar-refractivity contribution in [3.63, 3.8) is 0 Å². The lowest BCUT2D eigenvalue weighted by Crippen LogP contribution is -2.47. The number of amides is 1. The second-order valence-corrected chi connectivity index (χ2v) is 8.93. The number of aromatic amines is 1. The number of rotatable bonds is 6. The van der Waals surface area contributed by atoms with E-state index in [2.05, 4.69) is 38.3 Å². The average molecular weight is 435 g/mol. The molecule has 3 aromatic rings. The number of benzene rings is 2. The zero-order chi connectivity index (χ0) is 21.9. The molecule has 0 bridgehead atoms. The summed E-state index contributed by atoms with van der Waals surface area (Å²) in [5, 5.41) is 4.43. The highest BCUT2D eigenvalue weighted by Gasteiger charge is 2.29. The third-order valence-corrected chi connectivity index (χ3v) is 6.95. The zero-order valence-corrected chi connectivity index (χ0v) is 18.4. The number of nitrogens with one attached hydrogen (secondary N) is 2. The standard InChI is InChI=1S/C26H31FN4O/c27-22-10-2-4-12-24(22)31-17-15-30(16-18-31)14-6-13-28-26(32)21-9-5-8-20-19-7-1-3-11-23(19)29-25(20)21/h1-4,7,10-12,21,29H,5-6,8-9,13-18H2,(H,28,32)/t21-/m0/s1. The SMILES string of the molecule is O=C(NCCCN1CCN(c2ccccc2F)CC1)[C@H]1CCCc2c1[nH]c1ccccc21. The first-order valence-corrected chi connectivity index (χ1v) is 11.8. The fourth-order valence-electron chi connectivity index (χ4n) is 5.24. The van der Waals surface area contributed by atoms with Crippen LogP contribution >= 0.6 is 0 Å². The lowest BCUT2D eigenvalue weighted by Gasteiger charge is -2.36.